The third-order valence-electron chi connectivity index (χ3n) is 2.61. The number of furan rings is 1. The molecule has 118 valence electrons. The minimum atomic E-state index is -4.94. The van der Waals surface area contributed by atoms with Crippen molar-refractivity contribution in [3.8, 4) is 0 Å². The van der Waals surface area contributed by atoms with Gasteiger partial charge in [-0.2, -0.15) is 13.2 Å². The lowest BCUT2D eigenvalue weighted by molar-refractivity contribution is -0.138. The van der Waals surface area contributed by atoms with Crippen LogP contribution in [0.1, 0.15) is 15.9 Å². The number of hydrogen-bond donors (Lipinski definition) is 2. The summed E-state index contributed by atoms with van der Waals surface area (Å²) in [6.07, 6.45) is -2.95. The molecule has 0 unspecified atom stereocenters. The maximum absolute atomic E-state index is 12.8. The van der Waals surface area contributed by atoms with Gasteiger partial charge in [-0.1, -0.05) is 0 Å². The summed E-state index contributed by atoms with van der Waals surface area (Å²) in [5.74, 6) is -1.77. The number of aromatic carboxylic acids is 1. The van der Waals surface area contributed by atoms with E-state index in [1.807, 2.05) is 4.72 Å². The van der Waals surface area contributed by atoms with Gasteiger partial charge in [0.2, 0.25) is 0 Å². The average molecular weight is 335 g/mol. The molecule has 0 saturated heterocycles. The van der Waals surface area contributed by atoms with E-state index in [2.05, 4.69) is 4.42 Å². The molecule has 0 aliphatic carbocycles. The first-order chi connectivity index (χ1) is 10.1. The zero-order valence-corrected chi connectivity index (χ0v) is 11.4. The molecule has 0 amide bonds. The molecule has 2 aromatic rings. The van der Waals surface area contributed by atoms with E-state index < -0.39 is 39.0 Å². The van der Waals surface area contributed by atoms with Crippen molar-refractivity contribution in [2.45, 2.75) is 11.1 Å². The van der Waals surface area contributed by atoms with E-state index in [0.29, 0.717) is 12.1 Å². The van der Waals surface area contributed by atoms with Gasteiger partial charge in [0.25, 0.3) is 10.0 Å². The van der Waals surface area contributed by atoms with E-state index in [4.69, 9.17) is 5.11 Å². The fourth-order valence-electron chi connectivity index (χ4n) is 1.65. The Labute approximate surface area is 122 Å². The molecule has 0 saturated carbocycles. The van der Waals surface area contributed by atoms with Crippen molar-refractivity contribution >= 4 is 21.7 Å². The second-order valence-corrected chi connectivity index (χ2v) is 5.81. The second kappa shape index (κ2) is 5.37. The summed E-state index contributed by atoms with van der Waals surface area (Å²) >= 11 is 0. The van der Waals surface area contributed by atoms with Crippen LogP contribution >= 0.6 is 0 Å². The van der Waals surface area contributed by atoms with Gasteiger partial charge in [0.05, 0.1) is 17.4 Å². The Hall–Kier alpha value is -2.49. The molecular formula is C12H8F3NO5S. The highest BCUT2D eigenvalue weighted by atomic mass is 32.2. The van der Waals surface area contributed by atoms with Gasteiger partial charge in [-0.25, -0.2) is 13.2 Å². The van der Waals surface area contributed by atoms with Crippen LogP contribution in [0.4, 0.5) is 18.9 Å². The maximum atomic E-state index is 12.8. The van der Waals surface area contributed by atoms with Gasteiger partial charge in [-0.3, -0.25) is 4.72 Å². The summed E-state index contributed by atoms with van der Waals surface area (Å²) < 4.78 is 68.8. The standard InChI is InChI=1S/C12H8F3NO5S/c13-12(14,15)10-5-7(1-2-9(10)11(17)18)16-22(19,20)8-3-4-21-6-8/h1-6,16H,(H,17,18). The SMILES string of the molecule is O=C(O)c1ccc(NS(=O)(=O)c2ccoc2)cc1C(F)(F)F. The quantitative estimate of drug-likeness (QED) is 0.895. The summed E-state index contributed by atoms with van der Waals surface area (Å²) in [5, 5.41) is 8.75. The number of alkyl halides is 3. The smallest absolute Gasteiger partial charge is 0.417 e. The number of carbonyl (C=O) groups is 1. The fourth-order valence-corrected chi connectivity index (χ4v) is 2.62. The first kappa shape index (κ1) is 15.9. The van der Waals surface area contributed by atoms with Crippen LogP contribution in [0.3, 0.4) is 0 Å². The van der Waals surface area contributed by atoms with E-state index >= 15 is 0 Å². The van der Waals surface area contributed by atoms with Gasteiger partial charge in [-0.15, -0.1) is 0 Å². The van der Waals surface area contributed by atoms with Crippen molar-refractivity contribution in [1.29, 1.82) is 0 Å². The van der Waals surface area contributed by atoms with Crippen LogP contribution in [0.15, 0.2) is 46.1 Å². The van der Waals surface area contributed by atoms with Crippen molar-refractivity contribution in [2.24, 2.45) is 0 Å². The van der Waals surface area contributed by atoms with Gasteiger partial charge in [0, 0.05) is 5.69 Å². The Morgan fingerprint density at radius 3 is 2.41 bits per heavy atom. The molecule has 1 aromatic carbocycles. The molecule has 6 nitrogen and oxygen atoms in total. The Bertz CT molecular complexity index is 797. The van der Waals surface area contributed by atoms with Gasteiger partial charge in [-0.05, 0) is 24.3 Å². The summed E-state index contributed by atoms with van der Waals surface area (Å²) in [4.78, 5) is 10.5. The molecule has 1 heterocycles. The molecule has 0 atom stereocenters. The van der Waals surface area contributed by atoms with Gasteiger partial charge in [0.15, 0.2) is 0 Å². The number of rotatable bonds is 4. The molecule has 22 heavy (non-hydrogen) atoms. The summed E-state index contributed by atoms with van der Waals surface area (Å²) in [5.41, 5.74) is -2.84. The monoisotopic (exact) mass is 335 g/mol. The lowest BCUT2D eigenvalue weighted by atomic mass is 10.1. The minimum Gasteiger partial charge on any atom is -0.478 e. The minimum absolute atomic E-state index is 0.275. The van der Waals surface area contributed by atoms with Crippen LogP contribution in [-0.2, 0) is 16.2 Å². The average Bonchev–Trinajstić information content (AvgIpc) is 2.91. The fraction of sp³-hybridized carbons (Fsp3) is 0.0833. The summed E-state index contributed by atoms with van der Waals surface area (Å²) in [7, 11) is -4.12. The van der Waals surface area contributed by atoms with E-state index in [1.54, 1.807) is 0 Å². The molecule has 0 radical (unpaired) electrons. The number of halogens is 3. The topological polar surface area (TPSA) is 96.6 Å². The molecule has 0 bridgehead atoms. The summed E-state index contributed by atoms with van der Waals surface area (Å²) in [6, 6.07) is 3.13. The number of nitrogens with one attached hydrogen (secondary N) is 1. The molecule has 2 N–H and O–H groups in total. The van der Waals surface area contributed by atoms with Crippen molar-refractivity contribution in [3.63, 3.8) is 0 Å². The summed E-state index contributed by atoms with van der Waals surface area (Å²) in [6.45, 7) is 0. The highest BCUT2D eigenvalue weighted by Gasteiger charge is 2.35. The number of carboxylic acid groups (broad SMARTS) is 1. The normalized spacial score (nSPS) is 12.1. The molecule has 0 aliphatic heterocycles. The highest BCUT2D eigenvalue weighted by Crippen LogP contribution is 2.34. The molecule has 0 spiro atoms. The molecule has 0 aliphatic rings. The predicted octanol–water partition coefficient (Wildman–Crippen LogP) is 2.80. The lowest BCUT2D eigenvalue weighted by Crippen LogP contribution is -2.16. The van der Waals surface area contributed by atoms with Gasteiger partial charge < -0.3 is 9.52 Å². The van der Waals surface area contributed by atoms with E-state index in [9.17, 15) is 26.4 Å². The Morgan fingerprint density at radius 2 is 1.91 bits per heavy atom. The first-order valence-electron chi connectivity index (χ1n) is 5.61. The third-order valence-corrected chi connectivity index (χ3v) is 3.97. The molecule has 10 heteroatoms. The predicted molar refractivity (Wildman–Crippen MR) is 67.9 cm³/mol. The van der Waals surface area contributed by atoms with Crippen molar-refractivity contribution in [2.75, 3.05) is 4.72 Å². The molecule has 1 aromatic heterocycles. The van der Waals surface area contributed by atoms with Crippen LogP contribution in [0.5, 0.6) is 0 Å². The zero-order chi connectivity index (χ0) is 16.5. The Balaban J connectivity index is 2.44. The Kier molecular flexibility index (Phi) is 3.88. The first-order valence-corrected chi connectivity index (χ1v) is 7.09. The van der Waals surface area contributed by atoms with E-state index in [-0.39, 0.29) is 4.90 Å². The van der Waals surface area contributed by atoms with Gasteiger partial charge in [0.1, 0.15) is 11.2 Å². The van der Waals surface area contributed by atoms with Crippen molar-refractivity contribution in [1.82, 2.24) is 0 Å². The van der Waals surface area contributed by atoms with Crippen LogP contribution < -0.4 is 4.72 Å². The van der Waals surface area contributed by atoms with Crippen LogP contribution in [0.25, 0.3) is 0 Å². The van der Waals surface area contributed by atoms with Crippen molar-refractivity contribution < 1.29 is 35.9 Å². The van der Waals surface area contributed by atoms with E-state index in [1.165, 1.54) is 0 Å². The van der Waals surface area contributed by atoms with Crippen LogP contribution in [0, 0.1) is 0 Å². The highest BCUT2D eigenvalue weighted by molar-refractivity contribution is 7.92. The van der Waals surface area contributed by atoms with Crippen molar-refractivity contribution in [3.05, 3.63) is 47.9 Å². The molecule has 0 fully saturated rings. The number of carboxylic acids is 1. The zero-order valence-electron chi connectivity index (χ0n) is 10.6. The number of hydrogen-bond acceptors (Lipinski definition) is 4. The largest absolute Gasteiger partial charge is 0.478 e. The molecular weight excluding hydrogens is 327 g/mol. The lowest BCUT2D eigenvalue weighted by Gasteiger charge is -2.13. The Morgan fingerprint density at radius 1 is 1.23 bits per heavy atom. The van der Waals surface area contributed by atoms with E-state index in [0.717, 1.165) is 24.7 Å². The number of benzene rings is 1. The number of sulfonamides is 1. The third kappa shape index (κ3) is 3.22. The molecule has 2 rings (SSSR count). The second-order valence-electron chi connectivity index (χ2n) is 4.13. The number of anilines is 1. The van der Waals surface area contributed by atoms with Gasteiger partial charge >= 0.3 is 12.1 Å². The van der Waals surface area contributed by atoms with Crippen LogP contribution in [0.2, 0.25) is 0 Å². The maximum Gasteiger partial charge on any atom is 0.417 e. The van der Waals surface area contributed by atoms with Crippen LogP contribution in [-0.4, -0.2) is 19.5 Å².